The van der Waals surface area contributed by atoms with Gasteiger partial charge in [-0.25, -0.2) is 9.97 Å². The molecule has 0 spiro atoms. The summed E-state index contributed by atoms with van der Waals surface area (Å²) < 4.78 is 1.99. The first-order valence-electron chi connectivity index (χ1n) is 14.0. The van der Waals surface area contributed by atoms with Crippen LogP contribution in [-0.4, -0.2) is 39.7 Å². The van der Waals surface area contributed by atoms with Gasteiger partial charge in [-0.3, -0.25) is 15.1 Å². The fourth-order valence-electron chi connectivity index (χ4n) is 5.57. The highest BCUT2D eigenvalue weighted by molar-refractivity contribution is 5.98. The highest BCUT2D eigenvalue weighted by Crippen LogP contribution is 2.36. The van der Waals surface area contributed by atoms with E-state index in [0.717, 1.165) is 74.4 Å². The molecular weight excluding hydrogens is 522 g/mol. The third-order valence-corrected chi connectivity index (χ3v) is 7.90. The summed E-state index contributed by atoms with van der Waals surface area (Å²) >= 11 is 0. The molecule has 204 valence electrons. The lowest BCUT2D eigenvalue weighted by Gasteiger charge is -2.23. The van der Waals surface area contributed by atoms with Gasteiger partial charge in [-0.1, -0.05) is 30.3 Å². The van der Waals surface area contributed by atoms with Crippen molar-refractivity contribution in [2.24, 2.45) is 0 Å². The van der Waals surface area contributed by atoms with E-state index in [4.69, 9.17) is 4.98 Å². The van der Waals surface area contributed by atoms with Crippen LogP contribution in [-0.2, 0) is 0 Å². The highest BCUT2D eigenvalue weighted by atomic mass is 15.2. The second-order valence-corrected chi connectivity index (χ2v) is 10.7. The van der Waals surface area contributed by atoms with Gasteiger partial charge in [0.15, 0.2) is 5.65 Å². The predicted molar refractivity (Wildman–Crippen MR) is 165 cm³/mol. The number of nitrogens with one attached hydrogen (secondary N) is 3. The number of aromatic nitrogens is 8. The van der Waals surface area contributed by atoms with Crippen LogP contribution in [0, 0.1) is 6.92 Å². The Hall–Kier alpha value is -5.57. The number of aryl methyl sites for hydroxylation is 1. The van der Waals surface area contributed by atoms with Gasteiger partial charge in [-0.05, 0) is 55.5 Å². The largest absolute Gasteiger partial charge is 0.354 e. The van der Waals surface area contributed by atoms with Crippen molar-refractivity contribution in [2.75, 3.05) is 5.32 Å². The normalized spacial score (nSPS) is 13.0. The molecule has 1 aromatic carbocycles. The lowest BCUT2D eigenvalue weighted by Crippen LogP contribution is -2.08. The number of imidazole rings is 1. The number of rotatable bonds is 6. The van der Waals surface area contributed by atoms with Gasteiger partial charge in [0.1, 0.15) is 5.69 Å². The monoisotopic (exact) mass is 549 g/mol. The SMILES string of the molecule is Cc1cn(-c2cncc3[nH]c(-c4n[nH]c5ncc(-c6cncc(NC(=C7CCC7)c7ccccc7)c6)cc45)cc23)cn1. The molecule has 7 aromatic rings. The van der Waals surface area contributed by atoms with Crippen LogP contribution in [0.3, 0.4) is 0 Å². The van der Waals surface area contributed by atoms with Crippen LogP contribution in [0.2, 0.25) is 0 Å². The molecule has 9 heteroatoms. The Kier molecular flexibility index (Phi) is 5.66. The molecule has 0 bridgehead atoms. The third-order valence-electron chi connectivity index (χ3n) is 7.90. The molecule has 3 N–H and O–H groups in total. The average Bonchev–Trinajstić information content (AvgIpc) is 3.74. The summed E-state index contributed by atoms with van der Waals surface area (Å²) in [6, 6.07) is 16.9. The number of fused-ring (bicyclic) bond motifs is 2. The minimum atomic E-state index is 0.722. The van der Waals surface area contributed by atoms with E-state index >= 15 is 0 Å². The predicted octanol–water partition coefficient (Wildman–Crippen LogP) is 7.06. The molecule has 9 nitrogen and oxygen atoms in total. The van der Waals surface area contributed by atoms with Crippen LogP contribution in [0.1, 0.15) is 30.5 Å². The topological polar surface area (TPSA) is 113 Å². The van der Waals surface area contributed by atoms with Crippen molar-refractivity contribution in [1.29, 1.82) is 0 Å². The van der Waals surface area contributed by atoms with Gasteiger partial charge < -0.3 is 14.9 Å². The minimum absolute atomic E-state index is 0.722. The van der Waals surface area contributed by atoms with Crippen molar-refractivity contribution >= 4 is 33.3 Å². The van der Waals surface area contributed by atoms with Gasteiger partial charge in [0.05, 0.1) is 53.2 Å². The van der Waals surface area contributed by atoms with Crippen LogP contribution in [0.5, 0.6) is 0 Å². The van der Waals surface area contributed by atoms with E-state index in [9.17, 15) is 0 Å². The lowest BCUT2D eigenvalue weighted by atomic mass is 9.88. The molecule has 0 atom stereocenters. The van der Waals surface area contributed by atoms with Crippen molar-refractivity contribution in [3.8, 4) is 28.2 Å². The fraction of sp³-hybridized carbons (Fsp3) is 0.121. The number of pyridine rings is 3. The van der Waals surface area contributed by atoms with E-state index in [1.165, 1.54) is 23.3 Å². The van der Waals surface area contributed by atoms with Crippen molar-refractivity contribution < 1.29 is 0 Å². The Bertz CT molecular complexity index is 2110. The number of hydrogen-bond donors (Lipinski definition) is 3. The zero-order chi connectivity index (χ0) is 28.0. The molecule has 0 unspecified atom stereocenters. The minimum Gasteiger partial charge on any atom is -0.354 e. The molecule has 1 aliphatic carbocycles. The zero-order valence-electron chi connectivity index (χ0n) is 23.0. The number of hydrogen-bond acceptors (Lipinski definition) is 6. The number of anilines is 1. The first kappa shape index (κ1) is 24.2. The molecule has 0 amide bonds. The van der Waals surface area contributed by atoms with Crippen molar-refractivity contribution in [1.82, 2.24) is 39.7 Å². The molecule has 0 saturated heterocycles. The molecule has 42 heavy (non-hydrogen) atoms. The summed E-state index contributed by atoms with van der Waals surface area (Å²) in [4.78, 5) is 21.6. The lowest BCUT2D eigenvalue weighted by molar-refractivity contribution is 0.665. The second kappa shape index (κ2) is 9.81. The van der Waals surface area contributed by atoms with Gasteiger partial charge in [-0.2, -0.15) is 5.10 Å². The quantitative estimate of drug-likeness (QED) is 0.205. The molecule has 0 aliphatic heterocycles. The van der Waals surface area contributed by atoms with E-state index in [1.807, 2.05) is 54.7 Å². The number of aromatic amines is 2. The van der Waals surface area contributed by atoms with Crippen LogP contribution < -0.4 is 5.32 Å². The summed E-state index contributed by atoms with van der Waals surface area (Å²) in [6.07, 6.45) is 16.6. The van der Waals surface area contributed by atoms with Crippen molar-refractivity contribution in [2.45, 2.75) is 26.2 Å². The smallest absolute Gasteiger partial charge is 0.155 e. The Balaban J connectivity index is 1.16. The van der Waals surface area contributed by atoms with Crippen LogP contribution in [0.25, 0.3) is 55.8 Å². The Morgan fingerprint density at radius 3 is 2.55 bits per heavy atom. The first-order chi connectivity index (χ1) is 20.7. The Morgan fingerprint density at radius 1 is 0.881 bits per heavy atom. The van der Waals surface area contributed by atoms with Crippen LogP contribution in [0.15, 0.2) is 97.6 Å². The second-order valence-electron chi connectivity index (χ2n) is 10.7. The van der Waals surface area contributed by atoms with E-state index < -0.39 is 0 Å². The first-order valence-corrected chi connectivity index (χ1v) is 14.0. The molecule has 6 heterocycles. The van der Waals surface area contributed by atoms with Gasteiger partial charge in [0, 0.05) is 46.2 Å². The van der Waals surface area contributed by atoms with Crippen LogP contribution >= 0.6 is 0 Å². The molecular formula is C33H27N9. The number of H-pyrrole nitrogens is 2. The van der Waals surface area contributed by atoms with Gasteiger partial charge in [0.25, 0.3) is 0 Å². The van der Waals surface area contributed by atoms with Crippen molar-refractivity contribution in [3.63, 3.8) is 0 Å². The molecule has 1 aliphatic rings. The fourth-order valence-corrected chi connectivity index (χ4v) is 5.57. The molecule has 6 aromatic heterocycles. The standard InChI is InChI=1S/C33H27N9/c1-20-18-42(19-37-20)30-17-35-16-29-26(30)12-28(39-29)32-27-11-24(14-36-33(27)41-40-32)23-10-25(15-34-13-23)38-31(22-8-5-9-22)21-6-3-2-4-7-21/h2-4,6-7,10-19,38-39H,5,8-9H2,1H3,(H,36,40,41). The van der Waals surface area contributed by atoms with E-state index in [1.54, 1.807) is 6.33 Å². The zero-order valence-corrected chi connectivity index (χ0v) is 23.0. The van der Waals surface area contributed by atoms with Crippen molar-refractivity contribution in [3.05, 3.63) is 109 Å². The van der Waals surface area contributed by atoms with E-state index in [-0.39, 0.29) is 0 Å². The highest BCUT2D eigenvalue weighted by Gasteiger charge is 2.18. The molecule has 1 fully saturated rings. The summed E-state index contributed by atoms with van der Waals surface area (Å²) in [5, 5.41) is 13.4. The van der Waals surface area contributed by atoms with Gasteiger partial charge in [-0.15, -0.1) is 0 Å². The van der Waals surface area contributed by atoms with E-state index in [2.05, 4.69) is 77.9 Å². The maximum absolute atomic E-state index is 4.70. The summed E-state index contributed by atoms with van der Waals surface area (Å²) in [6.45, 7) is 1.97. The van der Waals surface area contributed by atoms with E-state index in [0.29, 0.717) is 0 Å². The maximum Gasteiger partial charge on any atom is 0.155 e. The number of benzene rings is 1. The number of nitrogens with zero attached hydrogens (tertiary/aromatic N) is 6. The number of allylic oxidation sites excluding steroid dienone is 1. The Morgan fingerprint density at radius 2 is 1.74 bits per heavy atom. The summed E-state index contributed by atoms with van der Waals surface area (Å²) in [5.41, 5.74) is 12.0. The average molecular weight is 550 g/mol. The maximum atomic E-state index is 4.70. The summed E-state index contributed by atoms with van der Waals surface area (Å²) in [7, 11) is 0. The molecule has 0 radical (unpaired) electrons. The third kappa shape index (κ3) is 4.23. The van der Waals surface area contributed by atoms with Crippen LogP contribution in [0.4, 0.5) is 5.69 Å². The van der Waals surface area contributed by atoms with Gasteiger partial charge >= 0.3 is 0 Å². The molecule has 1 saturated carbocycles. The van der Waals surface area contributed by atoms with Gasteiger partial charge in [0.2, 0.25) is 0 Å². The Labute approximate surface area is 241 Å². The molecule has 8 rings (SSSR count). The summed E-state index contributed by atoms with van der Waals surface area (Å²) in [5.74, 6) is 0.